The summed E-state index contributed by atoms with van der Waals surface area (Å²) >= 11 is 1.70. The first-order valence-electron chi connectivity index (χ1n) is 3.59. The maximum absolute atomic E-state index is 5.34. The molecule has 0 spiro atoms. The molecule has 58 valence electrons. The maximum atomic E-state index is 5.34. The zero-order chi connectivity index (χ0) is 7.68. The van der Waals surface area contributed by atoms with Crippen LogP contribution in [0, 0.1) is 0 Å². The second kappa shape index (κ2) is 2.58. The normalized spacial score (nSPS) is 10.6. The average molecular weight is 167 g/mol. The van der Waals surface area contributed by atoms with Crippen molar-refractivity contribution < 1.29 is 4.84 Å². The summed E-state index contributed by atoms with van der Waals surface area (Å²) in [6.45, 7) is 2.70. The van der Waals surface area contributed by atoms with Crippen molar-refractivity contribution in [2.45, 2.75) is 6.92 Å². The molecule has 0 aliphatic rings. The topological polar surface area (TPSA) is 14.2 Å². The number of rotatable bonds is 2. The fourth-order valence-corrected chi connectivity index (χ4v) is 1.91. The summed E-state index contributed by atoms with van der Waals surface area (Å²) in [5.74, 6) is 0. The highest BCUT2D eigenvalue weighted by molar-refractivity contribution is 7.16. The van der Waals surface area contributed by atoms with Gasteiger partial charge in [0.1, 0.15) is 11.4 Å². The van der Waals surface area contributed by atoms with Gasteiger partial charge in [0, 0.05) is 11.6 Å². The van der Waals surface area contributed by atoms with Crippen LogP contribution in [0.25, 0.3) is 10.2 Å². The van der Waals surface area contributed by atoms with Crippen LogP contribution < -0.4 is 4.84 Å². The van der Waals surface area contributed by atoms with E-state index in [0.29, 0.717) is 6.61 Å². The van der Waals surface area contributed by atoms with Gasteiger partial charge >= 0.3 is 0 Å². The highest BCUT2D eigenvalue weighted by Crippen LogP contribution is 2.20. The summed E-state index contributed by atoms with van der Waals surface area (Å²) in [7, 11) is 0. The summed E-state index contributed by atoms with van der Waals surface area (Å²) in [6, 6.07) is 4.15. The molecular weight excluding hydrogens is 158 g/mol. The van der Waals surface area contributed by atoms with Crippen molar-refractivity contribution in [1.82, 2.24) is 4.73 Å². The van der Waals surface area contributed by atoms with Gasteiger partial charge in [0.15, 0.2) is 0 Å². The molecule has 0 radical (unpaired) electrons. The van der Waals surface area contributed by atoms with E-state index in [9.17, 15) is 0 Å². The van der Waals surface area contributed by atoms with E-state index in [1.54, 1.807) is 11.3 Å². The van der Waals surface area contributed by atoms with Gasteiger partial charge < -0.3 is 4.84 Å². The van der Waals surface area contributed by atoms with Crippen LogP contribution >= 0.6 is 11.3 Å². The van der Waals surface area contributed by atoms with Crippen molar-refractivity contribution in [3.05, 3.63) is 23.7 Å². The van der Waals surface area contributed by atoms with Crippen LogP contribution in [0.15, 0.2) is 23.7 Å². The SMILES string of the molecule is CCOn1ccc2ccsc21. The van der Waals surface area contributed by atoms with Gasteiger partial charge in [-0.05, 0) is 24.4 Å². The molecule has 0 fully saturated rings. The van der Waals surface area contributed by atoms with Gasteiger partial charge in [0.05, 0.1) is 0 Å². The van der Waals surface area contributed by atoms with Gasteiger partial charge in [-0.25, -0.2) is 0 Å². The first kappa shape index (κ1) is 6.73. The Morgan fingerprint density at radius 1 is 1.55 bits per heavy atom. The summed E-state index contributed by atoms with van der Waals surface area (Å²) in [5, 5.41) is 3.32. The van der Waals surface area contributed by atoms with Crippen molar-refractivity contribution >= 4 is 21.6 Å². The van der Waals surface area contributed by atoms with E-state index < -0.39 is 0 Å². The molecule has 11 heavy (non-hydrogen) atoms. The lowest BCUT2D eigenvalue weighted by Crippen LogP contribution is -2.07. The third kappa shape index (κ3) is 1.01. The lowest BCUT2D eigenvalue weighted by Gasteiger charge is -2.01. The number of fused-ring (bicyclic) bond motifs is 1. The van der Waals surface area contributed by atoms with Crippen molar-refractivity contribution in [2.24, 2.45) is 0 Å². The van der Waals surface area contributed by atoms with Crippen LogP contribution in [0.4, 0.5) is 0 Å². The largest absolute Gasteiger partial charge is 0.413 e. The van der Waals surface area contributed by atoms with E-state index in [1.807, 2.05) is 17.9 Å². The van der Waals surface area contributed by atoms with E-state index >= 15 is 0 Å². The van der Waals surface area contributed by atoms with Gasteiger partial charge in [-0.1, -0.05) is 0 Å². The quantitative estimate of drug-likeness (QED) is 0.668. The van der Waals surface area contributed by atoms with Gasteiger partial charge in [0.25, 0.3) is 0 Å². The molecule has 0 unspecified atom stereocenters. The monoisotopic (exact) mass is 167 g/mol. The molecule has 0 bridgehead atoms. The zero-order valence-electron chi connectivity index (χ0n) is 6.28. The lowest BCUT2D eigenvalue weighted by molar-refractivity contribution is 0.133. The van der Waals surface area contributed by atoms with Gasteiger partial charge in [-0.15, -0.1) is 11.3 Å². The summed E-state index contributed by atoms with van der Waals surface area (Å²) in [6.07, 6.45) is 1.95. The summed E-state index contributed by atoms with van der Waals surface area (Å²) in [4.78, 5) is 6.53. The molecule has 0 atom stereocenters. The Kier molecular flexibility index (Phi) is 1.58. The number of nitrogens with zero attached hydrogens (tertiary/aromatic N) is 1. The minimum absolute atomic E-state index is 0.710. The minimum atomic E-state index is 0.710. The van der Waals surface area contributed by atoms with E-state index in [0.717, 1.165) is 0 Å². The Bertz CT molecular complexity index is 349. The standard InChI is InChI=1S/C8H9NOS/c1-2-10-9-5-3-7-4-6-11-8(7)9/h3-6H,2H2,1H3. The molecule has 2 rings (SSSR count). The Balaban J connectivity index is 2.51. The summed E-state index contributed by atoms with van der Waals surface area (Å²) in [5.41, 5.74) is 0. The van der Waals surface area contributed by atoms with Crippen LogP contribution in [0.5, 0.6) is 0 Å². The molecule has 2 heterocycles. The van der Waals surface area contributed by atoms with Crippen LogP contribution in [0.3, 0.4) is 0 Å². The molecule has 2 nitrogen and oxygen atoms in total. The Morgan fingerprint density at radius 3 is 3.27 bits per heavy atom. The van der Waals surface area contributed by atoms with Crippen molar-refractivity contribution in [2.75, 3.05) is 6.61 Å². The average Bonchev–Trinajstić information content (AvgIpc) is 2.53. The number of hydrogen-bond acceptors (Lipinski definition) is 2. The second-order valence-corrected chi connectivity index (χ2v) is 3.13. The van der Waals surface area contributed by atoms with Crippen LogP contribution in [0.2, 0.25) is 0 Å². The Hall–Kier alpha value is -0.960. The molecule has 0 saturated heterocycles. The van der Waals surface area contributed by atoms with Crippen LogP contribution in [-0.4, -0.2) is 11.3 Å². The Labute approximate surface area is 69.0 Å². The smallest absolute Gasteiger partial charge is 0.139 e. The van der Waals surface area contributed by atoms with E-state index in [4.69, 9.17) is 4.84 Å². The Morgan fingerprint density at radius 2 is 2.45 bits per heavy atom. The van der Waals surface area contributed by atoms with Crippen molar-refractivity contribution in [3.63, 3.8) is 0 Å². The molecule has 0 saturated carbocycles. The van der Waals surface area contributed by atoms with Crippen LogP contribution in [0.1, 0.15) is 6.92 Å². The lowest BCUT2D eigenvalue weighted by atomic mass is 10.4. The minimum Gasteiger partial charge on any atom is -0.413 e. The maximum Gasteiger partial charge on any atom is 0.139 e. The van der Waals surface area contributed by atoms with E-state index in [2.05, 4.69) is 17.5 Å². The molecule has 0 N–H and O–H groups in total. The van der Waals surface area contributed by atoms with Gasteiger partial charge in [-0.3, -0.25) is 0 Å². The van der Waals surface area contributed by atoms with Crippen molar-refractivity contribution in [1.29, 1.82) is 0 Å². The predicted octanol–water partition coefficient (Wildman–Crippen LogP) is 2.15. The van der Waals surface area contributed by atoms with Crippen LogP contribution in [-0.2, 0) is 0 Å². The third-order valence-electron chi connectivity index (χ3n) is 1.53. The van der Waals surface area contributed by atoms with Crippen molar-refractivity contribution in [3.8, 4) is 0 Å². The first-order chi connectivity index (χ1) is 5.42. The highest BCUT2D eigenvalue weighted by Gasteiger charge is 2.00. The van der Waals surface area contributed by atoms with E-state index in [1.165, 1.54) is 10.2 Å². The molecule has 2 aromatic heterocycles. The number of aromatic nitrogens is 1. The number of thiophene rings is 1. The fraction of sp³-hybridized carbons (Fsp3) is 0.250. The van der Waals surface area contributed by atoms with Gasteiger partial charge in [0.2, 0.25) is 0 Å². The second-order valence-electron chi connectivity index (χ2n) is 2.24. The highest BCUT2D eigenvalue weighted by atomic mass is 32.1. The molecular formula is C8H9NOS. The third-order valence-corrected chi connectivity index (χ3v) is 2.44. The zero-order valence-corrected chi connectivity index (χ0v) is 7.10. The molecule has 0 aromatic carbocycles. The van der Waals surface area contributed by atoms with E-state index in [-0.39, 0.29) is 0 Å². The van der Waals surface area contributed by atoms with Gasteiger partial charge in [-0.2, -0.15) is 4.73 Å². The fourth-order valence-electron chi connectivity index (χ4n) is 1.07. The molecule has 3 heteroatoms. The molecule has 0 amide bonds. The number of hydrogen-bond donors (Lipinski definition) is 0. The molecule has 0 aliphatic heterocycles. The first-order valence-corrected chi connectivity index (χ1v) is 4.47. The summed E-state index contributed by atoms with van der Waals surface area (Å²) < 4.78 is 1.82. The molecule has 2 aromatic rings. The predicted molar refractivity (Wildman–Crippen MR) is 46.9 cm³/mol. The molecule has 0 aliphatic carbocycles.